The van der Waals surface area contributed by atoms with Crippen molar-refractivity contribution < 1.29 is 0 Å². The molecular formula is C12H17N7. The molecule has 1 aliphatic rings. The maximum atomic E-state index is 5.69. The van der Waals surface area contributed by atoms with Gasteiger partial charge in [-0.05, 0) is 25.5 Å². The quantitative estimate of drug-likeness (QED) is 0.850. The van der Waals surface area contributed by atoms with Crippen LogP contribution in [0.3, 0.4) is 0 Å². The number of hydrogen-bond donors (Lipinski definition) is 2. The predicted molar refractivity (Wildman–Crippen MR) is 69.8 cm³/mol. The van der Waals surface area contributed by atoms with Crippen molar-refractivity contribution in [1.29, 1.82) is 0 Å². The fraction of sp³-hybridized carbons (Fsp3) is 0.500. The van der Waals surface area contributed by atoms with Crippen molar-refractivity contribution in [3.05, 3.63) is 30.2 Å². The van der Waals surface area contributed by atoms with E-state index < -0.39 is 0 Å². The fourth-order valence-corrected chi connectivity index (χ4v) is 2.54. The minimum atomic E-state index is 0.265. The zero-order chi connectivity index (χ0) is 13.1. The number of nitrogen functional groups attached to an aromatic ring is 1. The van der Waals surface area contributed by atoms with Gasteiger partial charge < -0.3 is 5.73 Å². The van der Waals surface area contributed by atoms with E-state index in [1.54, 1.807) is 18.6 Å². The Morgan fingerprint density at radius 3 is 3.11 bits per heavy atom. The Kier molecular flexibility index (Phi) is 3.37. The van der Waals surface area contributed by atoms with Crippen LogP contribution in [0, 0.1) is 0 Å². The van der Waals surface area contributed by atoms with Gasteiger partial charge in [-0.15, -0.1) is 0 Å². The van der Waals surface area contributed by atoms with Crippen LogP contribution in [0.2, 0.25) is 0 Å². The first-order valence-corrected chi connectivity index (χ1v) is 6.49. The molecule has 100 valence electrons. The van der Waals surface area contributed by atoms with E-state index in [-0.39, 0.29) is 6.04 Å². The third-order valence-corrected chi connectivity index (χ3v) is 3.43. The van der Waals surface area contributed by atoms with E-state index in [1.807, 2.05) is 0 Å². The summed E-state index contributed by atoms with van der Waals surface area (Å²) in [6, 6.07) is 1.97. The van der Waals surface area contributed by atoms with Gasteiger partial charge in [0.2, 0.25) is 0 Å². The van der Waals surface area contributed by atoms with Crippen molar-refractivity contribution in [3.8, 4) is 0 Å². The van der Waals surface area contributed by atoms with Crippen molar-refractivity contribution in [3.63, 3.8) is 0 Å². The van der Waals surface area contributed by atoms with Crippen LogP contribution in [0.25, 0.3) is 0 Å². The van der Waals surface area contributed by atoms with Gasteiger partial charge in [-0.1, -0.05) is 6.42 Å². The Bertz CT molecular complexity index is 525. The number of nitrogens with zero attached hydrogens (tertiary/aromatic N) is 5. The highest BCUT2D eigenvalue weighted by atomic mass is 15.3. The molecule has 3 N–H and O–H groups in total. The standard InChI is InChI=1S/C12H17N7/c13-10-4-5-14-11(17-10)7-19-6-2-1-3-9(19)12-15-8-16-18-12/h4-5,8-9H,1-3,6-7H2,(H2,13,14,17)(H,15,16,18). The molecule has 2 aromatic heterocycles. The number of aromatic amines is 1. The smallest absolute Gasteiger partial charge is 0.144 e. The monoisotopic (exact) mass is 259 g/mol. The van der Waals surface area contributed by atoms with Crippen LogP contribution in [0.4, 0.5) is 5.82 Å². The molecule has 1 saturated heterocycles. The number of nitrogens with one attached hydrogen (secondary N) is 1. The molecule has 19 heavy (non-hydrogen) atoms. The van der Waals surface area contributed by atoms with Gasteiger partial charge in [-0.3, -0.25) is 10.00 Å². The van der Waals surface area contributed by atoms with Gasteiger partial charge >= 0.3 is 0 Å². The lowest BCUT2D eigenvalue weighted by molar-refractivity contribution is 0.130. The van der Waals surface area contributed by atoms with Crippen molar-refractivity contribution in [2.24, 2.45) is 0 Å². The molecule has 1 unspecified atom stereocenters. The number of anilines is 1. The van der Waals surface area contributed by atoms with E-state index >= 15 is 0 Å². The second-order valence-electron chi connectivity index (χ2n) is 4.75. The Balaban J connectivity index is 1.77. The van der Waals surface area contributed by atoms with Crippen LogP contribution in [-0.2, 0) is 6.54 Å². The minimum absolute atomic E-state index is 0.265. The summed E-state index contributed by atoms with van der Waals surface area (Å²) in [5, 5.41) is 6.90. The zero-order valence-corrected chi connectivity index (χ0v) is 10.7. The van der Waals surface area contributed by atoms with Gasteiger partial charge in [0, 0.05) is 6.20 Å². The molecule has 0 spiro atoms. The van der Waals surface area contributed by atoms with Crippen LogP contribution in [-0.4, -0.2) is 36.6 Å². The number of hydrogen-bond acceptors (Lipinski definition) is 6. The molecule has 0 amide bonds. The largest absolute Gasteiger partial charge is 0.384 e. The molecule has 0 aromatic carbocycles. The van der Waals surface area contributed by atoms with Crippen LogP contribution in [0.15, 0.2) is 18.6 Å². The third kappa shape index (κ3) is 2.70. The Morgan fingerprint density at radius 1 is 1.37 bits per heavy atom. The van der Waals surface area contributed by atoms with E-state index in [0.29, 0.717) is 12.4 Å². The molecule has 2 aromatic rings. The zero-order valence-electron chi connectivity index (χ0n) is 10.7. The SMILES string of the molecule is Nc1ccnc(CN2CCCCC2c2ncn[nH]2)n1. The van der Waals surface area contributed by atoms with Crippen LogP contribution in [0.1, 0.15) is 37.0 Å². The second-order valence-corrected chi connectivity index (χ2v) is 4.75. The average Bonchev–Trinajstić information content (AvgIpc) is 2.93. The molecule has 0 saturated carbocycles. The fourth-order valence-electron chi connectivity index (χ4n) is 2.54. The molecule has 3 heterocycles. The van der Waals surface area contributed by atoms with Gasteiger partial charge in [0.25, 0.3) is 0 Å². The van der Waals surface area contributed by atoms with Crippen molar-refractivity contribution >= 4 is 5.82 Å². The van der Waals surface area contributed by atoms with Crippen molar-refractivity contribution in [1.82, 2.24) is 30.0 Å². The summed E-state index contributed by atoms with van der Waals surface area (Å²) in [6.45, 7) is 1.71. The van der Waals surface area contributed by atoms with Gasteiger partial charge in [-0.25, -0.2) is 15.0 Å². The maximum Gasteiger partial charge on any atom is 0.144 e. The van der Waals surface area contributed by atoms with E-state index in [4.69, 9.17) is 5.73 Å². The normalized spacial score (nSPS) is 20.5. The number of likely N-dealkylation sites (tertiary alicyclic amines) is 1. The first kappa shape index (κ1) is 12.0. The lowest BCUT2D eigenvalue weighted by atomic mass is 10.0. The Hall–Kier alpha value is -2.02. The van der Waals surface area contributed by atoms with Gasteiger partial charge in [-0.2, -0.15) is 5.10 Å². The van der Waals surface area contributed by atoms with E-state index in [2.05, 4.69) is 30.0 Å². The predicted octanol–water partition coefficient (Wildman–Crippen LogP) is 0.904. The first-order chi connectivity index (χ1) is 9.33. The highest BCUT2D eigenvalue weighted by molar-refractivity contribution is 5.25. The summed E-state index contributed by atoms with van der Waals surface area (Å²) in [6.07, 6.45) is 6.73. The summed E-state index contributed by atoms with van der Waals surface area (Å²) in [5.41, 5.74) is 5.69. The number of aromatic nitrogens is 5. The number of H-pyrrole nitrogens is 1. The lowest BCUT2D eigenvalue weighted by Crippen LogP contribution is -2.34. The van der Waals surface area contributed by atoms with Crippen LogP contribution < -0.4 is 5.73 Å². The highest BCUT2D eigenvalue weighted by Gasteiger charge is 2.26. The maximum absolute atomic E-state index is 5.69. The summed E-state index contributed by atoms with van der Waals surface area (Å²) >= 11 is 0. The molecule has 0 bridgehead atoms. The average molecular weight is 259 g/mol. The molecule has 0 radical (unpaired) electrons. The molecule has 1 fully saturated rings. The molecule has 0 aliphatic carbocycles. The van der Waals surface area contributed by atoms with E-state index in [0.717, 1.165) is 24.6 Å². The summed E-state index contributed by atoms with van der Waals surface area (Å²) in [5.74, 6) is 2.19. The van der Waals surface area contributed by atoms with Gasteiger partial charge in [0.05, 0.1) is 12.6 Å². The second kappa shape index (κ2) is 5.31. The van der Waals surface area contributed by atoms with Crippen molar-refractivity contribution in [2.75, 3.05) is 12.3 Å². The van der Waals surface area contributed by atoms with E-state index in [1.165, 1.54) is 12.8 Å². The molecule has 1 aliphatic heterocycles. The summed E-state index contributed by atoms with van der Waals surface area (Å²) < 4.78 is 0. The third-order valence-electron chi connectivity index (χ3n) is 3.43. The number of piperidine rings is 1. The molecule has 7 nitrogen and oxygen atoms in total. The molecule has 7 heteroatoms. The molecule has 1 atom stereocenters. The van der Waals surface area contributed by atoms with Gasteiger partial charge in [0.1, 0.15) is 23.8 Å². The molecular weight excluding hydrogens is 242 g/mol. The Labute approximate surface area is 111 Å². The minimum Gasteiger partial charge on any atom is -0.384 e. The summed E-state index contributed by atoms with van der Waals surface area (Å²) in [7, 11) is 0. The topological polar surface area (TPSA) is 96.6 Å². The van der Waals surface area contributed by atoms with Gasteiger partial charge in [0.15, 0.2) is 0 Å². The number of nitrogens with two attached hydrogens (primary N) is 1. The van der Waals surface area contributed by atoms with E-state index in [9.17, 15) is 0 Å². The first-order valence-electron chi connectivity index (χ1n) is 6.49. The van der Waals surface area contributed by atoms with Crippen molar-refractivity contribution in [2.45, 2.75) is 31.8 Å². The van der Waals surface area contributed by atoms with Crippen LogP contribution in [0.5, 0.6) is 0 Å². The summed E-state index contributed by atoms with van der Waals surface area (Å²) in [4.78, 5) is 15.1. The lowest BCUT2D eigenvalue weighted by Gasteiger charge is -2.33. The van der Waals surface area contributed by atoms with Crippen LogP contribution >= 0.6 is 0 Å². The molecule has 3 rings (SSSR count). The highest BCUT2D eigenvalue weighted by Crippen LogP contribution is 2.29. The number of rotatable bonds is 3. The Morgan fingerprint density at radius 2 is 2.32 bits per heavy atom.